The number of aliphatic imine (C=N–C) groups is 1. The van der Waals surface area contributed by atoms with Gasteiger partial charge >= 0.3 is 0 Å². The topological polar surface area (TPSA) is 15.6 Å². The van der Waals surface area contributed by atoms with Crippen LogP contribution >= 0.6 is 0 Å². The summed E-state index contributed by atoms with van der Waals surface area (Å²) in [6.07, 6.45) is 6.00. The molecule has 1 unspecified atom stereocenters. The second kappa shape index (κ2) is 5.72. The highest BCUT2D eigenvalue weighted by Crippen LogP contribution is 2.49. The van der Waals surface area contributed by atoms with Crippen molar-refractivity contribution in [1.82, 2.24) is 4.90 Å². The van der Waals surface area contributed by atoms with E-state index in [0.29, 0.717) is 5.92 Å². The van der Waals surface area contributed by atoms with Crippen molar-refractivity contribution in [3.8, 4) is 0 Å². The Balaban J connectivity index is 1.96. The summed E-state index contributed by atoms with van der Waals surface area (Å²) in [4.78, 5) is 7.15. The smallest absolute Gasteiger partial charge is 0.0919 e. The fourth-order valence-electron chi connectivity index (χ4n) is 4.48. The minimum Gasteiger partial charge on any atom is -0.352 e. The monoisotopic (exact) mass is 332 g/mol. The predicted octanol–water partition coefficient (Wildman–Crippen LogP) is 5.75. The summed E-state index contributed by atoms with van der Waals surface area (Å²) in [5.41, 5.74) is 9.29. The van der Waals surface area contributed by atoms with Crippen molar-refractivity contribution < 1.29 is 0 Å². The highest BCUT2D eigenvalue weighted by Gasteiger charge is 2.39. The first-order valence-corrected chi connectivity index (χ1v) is 9.41. The van der Waals surface area contributed by atoms with Gasteiger partial charge in [-0.15, -0.1) is 0 Å². The molecule has 2 aliphatic rings. The number of rotatable bonds is 2. The number of para-hydroxylation sites is 1. The molecule has 130 valence electrons. The summed E-state index contributed by atoms with van der Waals surface area (Å²) in [5.74, 6) is 0.695. The molecule has 25 heavy (non-hydrogen) atoms. The van der Waals surface area contributed by atoms with E-state index in [-0.39, 0.29) is 5.54 Å². The Kier molecular flexibility index (Phi) is 3.75. The molecule has 0 amide bonds. The maximum atomic E-state index is 4.87. The van der Waals surface area contributed by atoms with E-state index in [9.17, 15) is 0 Å². The van der Waals surface area contributed by atoms with Crippen molar-refractivity contribution in [2.75, 3.05) is 7.05 Å². The third-order valence-electron chi connectivity index (χ3n) is 6.54. The Hall–Kier alpha value is -2.09. The SMILES string of the molecule is Cc1cc(C)c(C)c(C2(C)c3cccc(C4CCC4)c3N=CN2C)c1. The summed E-state index contributed by atoms with van der Waals surface area (Å²) in [6, 6.07) is 11.4. The number of hydrogen-bond acceptors (Lipinski definition) is 2. The highest BCUT2D eigenvalue weighted by atomic mass is 15.2. The summed E-state index contributed by atoms with van der Waals surface area (Å²) in [6.45, 7) is 9.02. The molecule has 1 atom stereocenters. The Morgan fingerprint density at radius 3 is 2.52 bits per heavy atom. The first-order chi connectivity index (χ1) is 11.9. The van der Waals surface area contributed by atoms with Gasteiger partial charge in [-0.2, -0.15) is 0 Å². The van der Waals surface area contributed by atoms with Gasteiger partial charge < -0.3 is 4.90 Å². The van der Waals surface area contributed by atoms with Crippen molar-refractivity contribution in [1.29, 1.82) is 0 Å². The molecule has 1 aliphatic heterocycles. The first kappa shape index (κ1) is 16.4. The standard InChI is InChI=1S/C23H28N2/c1-15-12-16(2)17(3)21(13-15)23(4)20-11-7-10-19(18-8-6-9-18)22(20)24-14-25(23)5/h7,10-14,18H,6,8-9H2,1-5H3. The molecule has 0 spiro atoms. The number of fused-ring (bicyclic) bond motifs is 1. The summed E-state index contributed by atoms with van der Waals surface area (Å²) < 4.78 is 0. The van der Waals surface area contributed by atoms with Crippen LogP contribution in [0.5, 0.6) is 0 Å². The van der Waals surface area contributed by atoms with E-state index in [1.165, 1.54) is 58.3 Å². The molecule has 1 saturated carbocycles. The second-order valence-electron chi connectivity index (χ2n) is 8.05. The van der Waals surface area contributed by atoms with Gasteiger partial charge in [0.2, 0.25) is 0 Å². The molecule has 1 heterocycles. The van der Waals surface area contributed by atoms with Gasteiger partial charge in [0, 0.05) is 12.6 Å². The predicted molar refractivity (Wildman–Crippen MR) is 106 cm³/mol. The Morgan fingerprint density at radius 2 is 1.84 bits per heavy atom. The van der Waals surface area contributed by atoms with Crippen LogP contribution in [-0.4, -0.2) is 18.3 Å². The van der Waals surface area contributed by atoms with Crippen molar-refractivity contribution in [3.63, 3.8) is 0 Å². The maximum Gasteiger partial charge on any atom is 0.0919 e. The summed E-state index contributed by atoms with van der Waals surface area (Å²) in [5, 5.41) is 0. The average Bonchev–Trinajstić information content (AvgIpc) is 2.53. The number of hydrogen-bond donors (Lipinski definition) is 0. The minimum atomic E-state index is -0.183. The van der Waals surface area contributed by atoms with Crippen LogP contribution < -0.4 is 0 Å². The number of benzene rings is 2. The molecule has 0 bridgehead atoms. The van der Waals surface area contributed by atoms with Crippen LogP contribution in [-0.2, 0) is 5.54 Å². The van der Waals surface area contributed by atoms with Crippen LogP contribution in [0, 0.1) is 20.8 Å². The zero-order valence-corrected chi connectivity index (χ0v) is 16.1. The van der Waals surface area contributed by atoms with E-state index < -0.39 is 0 Å². The molecule has 4 rings (SSSR count). The Labute approximate surface area is 151 Å². The van der Waals surface area contributed by atoms with Gasteiger partial charge in [-0.1, -0.05) is 42.3 Å². The number of aryl methyl sites for hydroxylation is 2. The first-order valence-electron chi connectivity index (χ1n) is 9.41. The zero-order valence-electron chi connectivity index (χ0n) is 16.1. The summed E-state index contributed by atoms with van der Waals surface area (Å²) in [7, 11) is 2.15. The van der Waals surface area contributed by atoms with E-state index in [1.807, 2.05) is 6.34 Å². The minimum absolute atomic E-state index is 0.183. The molecular formula is C23H28N2. The molecule has 0 saturated heterocycles. The number of nitrogens with zero attached hydrogens (tertiary/aromatic N) is 2. The molecule has 2 aromatic carbocycles. The fourth-order valence-corrected chi connectivity index (χ4v) is 4.48. The van der Waals surface area contributed by atoms with E-state index >= 15 is 0 Å². The van der Waals surface area contributed by atoms with Crippen LogP contribution in [0.3, 0.4) is 0 Å². The third kappa shape index (κ3) is 2.34. The quantitative estimate of drug-likeness (QED) is 0.684. The maximum absolute atomic E-state index is 4.87. The van der Waals surface area contributed by atoms with Crippen LogP contribution in [0.1, 0.15) is 65.5 Å². The molecule has 0 N–H and O–H groups in total. The molecule has 0 radical (unpaired) electrons. The lowest BCUT2D eigenvalue weighted by Crippen LogP contribution is -2.44. The summed E-state index contributed by atoms with van der Waals surface area (Å²) >= 11 is 0. The van der Waals surface area contributed by atoms with Crippen molar-refractivity contribution >= 4 is 12.0 Å². The lowest BCUT2D eigenvalue weighted by atomic mass is 9.74. The molecule has 2 nitrogen and oxygen atoms in total. The molecule has 1 aliphatic carbocycles. The largest absolute Gasteiger partial charge is 0.352 e. The van der Waals surface area contributed by atoms with Crippen molar-refractivity contribution in [2.24, 2.45) is 4.99 Å². The molecule has 0 aromatic heterocycles. The third-order valence-corrected chi connectivity index (χ3v) is 6.54. The fraction of sp³-hybridized carbons (Fsp3) is 0.435. The van der Waals surface area contributed by atoms with Crippen molar-refractivity contribution in [2.45, 2.75) is 58.4 Å². The van der Waals surface area contributed by atoms with E-state index in [4.69, 9.17) is 4.99 Å². The van der Waals surface area contributed by atoms with Gasteiger partial charge in [-0.3, -0.25) is 0 Å². The van der Waals surface area contributed by atoms with Crippen LogP contribution in [0.25, 0.3) is 0 Å². The van der Waals surface area contributed by atoms with Gasteiger partial charge in [0.05, 0.1) is 17.6 Å². The Morgan fingerprint density at radius 1 is 1.08 bits per heavy atom. The van der Waals surface area contributed by atoms with Gasteiger partial charge in [-0.25, -0.2) is 4.99 Å². The molecule has 1 fully saturated rings. The zero-order chi connectivity index (χ0) is 17.8. The van der Waals surface area contributed by atoms with Gasteiger partial charge in [0.25, 0.3) is 0 Å². The van der Waals surface area contributed by atoms with Gasteiger partial charge in [0.1, 0.15) is 0 Å². The second-order valence-corrected chi connectivity index (χ2v) is 8.05. The van der Waals surface area contributed by atoms with Gasteiger partial charge in [-0.05, 0) is 68.7 Å². The van der Waals surface area contributed by atoms with Crippen LogP contribution in [0.2, 0.25) is 0 Å². The Bertz CT molecular complexity index is 861. The average molecular weight is 332 g/mol. The highest BCUT2D eigenvalue weighted by molar-refractivity contribution is 5.74. The normalized spacial score (nSPS) is 22.7. The van der Waals surface area contributed by atoms with Crippen LogP contribution in [0.4, 0.5) is 5.69 Å². The lowest BCUT2D eigenvalue weighted by Gasteiger charge is -2.44. The lowest BCUT2D eigenvalue weighted by molar-refractivity contribution is 0.290. The van der Waals surface area contributed by atoms with E-state index in [0.717, 1.165) is 0 Å². The molecule has 2 aromatic rings. The van der Waals surface area contributed by atoms with Gasteiger partial charge in [0.15, 0.2) is 0 Å². The molecular weight excluding hydrogens is 304 g/mol. The molecule has 2 heteroatoms. The van der Waals surface area contributed by atoms with E-state index in [2.05, 4.69) is 70.0 Å². The van der Waals surface area contributed by atoms with E-state index in [1.54, 1.807) is 0 Å². The van der Waals surface area contributed by atoms with Crippen molar-refractivity contribution in [3.05, 3.63) is 63.7 Å². The van der Waals surface area contributed by atoms with Crippen LogP contribution in [0.15, 0.2) is 35.3 Å².